The van der Waals surface area contributed by atoms with E-state index in [0.717, 1.165) is 19.4 Å². The first-order chi connectivity index (χ1) is 9.04. The number of nitrogens with zero attached hydrogens (tertiary/aromatic N) is 2. The topological polar surface area (TPSA) is 33.2 Å². The molecule has 0 bridgehead atoms. The van der Waals surface area contributed by atoms with E-state index >= 15 is 0 Å². The quantitative estimate of drug-likeness (QED) is 0.777. The van der Waals surface area contributed by atoms with Gasteiger partial charge >= 0.3 is 0 Å². The molecule has 0 aromatic carbocycles. The zero-order valence-corrected chi connectivity index (χ0v) is 13.8. The van der Waals surface area contributed by atoms with Crippen LogP contribution in [0.3, 0.4) is 0 Å². The molecule has 0 saturated heterocycles. The highest BCUT2D eigenvalue weighted by molar-refractivity contribution is 9.11. The number of aryl methyl sites for hydroxylation is 1. The minimum Gasteiger partial charge on any atom is -0.337 e. The molecule has 0 spiro atoms. The van der Waals surface area contributed by atoms with Crippen molar-refractivity contribution in [3.05, 3.63) is 43.0 Å². The van der Waals surface area contributed by atoms with E-state index in [9.17, 15) is 4.79 Å². The Morgan fingerprint density at radius 2 is 2.32 bits per heavy atom. The van der Waals surface area contributed by atoms with Crippen molar-refractivity contribution in [2.75, 3.05) is 7.05 Å². The standard InChI is InChI=1S/C13H13BrN2OS2/c1-9-15-10(8-18-9)3-6-13(17)16(2)7-11-4-5-12(14)19-11/h3-6,8H,7H2,1-2H3/b6-3+. The molecule has 0 saturated carbocycles. The van der Waals surface area contributed by atoms with Gasteiger partial charge in [0.15, 0.2) is 0 Å². The predicted octanol–water partition coefficient (Wildman–Crippen LogP) is 3.95. The molecular formula is C13H13BrN2OS2. The van der Waals surface area contributed by atoms with E-state index in [1.54, 1.807) is 46.8 Å². The van der Waals surface area contributed by atoms with Crippen LogP contribution in [-0.4, -0.2) is 22.8 Å². The summed E-state index contributed by atoms with van der Waals surface area (Å²) in [5.74, 6) is -0.0184. The van der Waals surface area contributed by atoms with Crippen LogP contribution >= 0.6 is 38.6 Å². The molecule has 0 N–H and O–H groups in total. The molecule has 3 nitrogen and oxygen atoms in total. The molecule has 2 heterocycles. The zero-order chi connectivity index (χ0) is 13.8. The molecule has 0 fully saturated rings. The van der Waals surface area contributed by atoms with Gasteiger partial charge in [0.25, 0.3) is 0 Å². The van der Waals surface area contributed by atoms with E-state index in [2.05, 4.69) is 20.9 Å². The maximum atomic E-state index is 11.9. The molecule has 6 heteroatoms. The number of likely N-dealkylation sites (N-methyl/N-ethyl adjacent to an activating group) is 1. The highest BCUT2D eigenvalue weighted by atomic mass is 79.9. The lowest BCUT2D eigenvalue weighted by atomic mass is 10.3. The van der Waals surface area contributed by atoms with E-state index in [-0.39, 0.29) is 5.91 Å². The van der Waals surface area contributed by atoms with Crippen LogP contribution in [0.5, 0.6) is 0 Å². The first kappa shape index (κ1) is 14.4. The van der Waals surface area contributed by atoms with Crippen molar-refractivity contribution in [2.45, 2.75) is 13.5 Å². The van der Waals surface area contributed by atoms with Gasteiger partial charge in [0.05, 0.1) is 21.0 Å². The van der Waals surface area contributed by atoms with Crippen molar-refractivity contribution in [1.82, 2.24) is 9.88 Å². The van der Waals surface area contributed by atoms with Crippen LogP contribution in [-0.2, 0) is 11.3 Å². The number of carbonyl (C=O) groups excluding carboxylic acids is 1. The van der Waals surface area contributed by atoms with Crippen molar-refractivity contribution < 1.29 is 4.79 Å². The fraction of sp³-hybridized carbons (Fsp3) is 0.231. The minimum atomic E-state index is -0.0184. The Balaban J connectivity index is 1.94. The Labute approximate surface area is 128 Å². The molecule has 100 valence electrons. The van der Waals surface area contributed by atoms with Crippen molar-refractivity contribution >= 4 is 50.6 Å². The normalized spacial score (nSPS) is 11.1. The molecule has 0 aliphatic carbocycles. The van der Waals surface area contributed by atoms with E-state index in [0.29, 0.717) is 6.54 Å². The van der Waals surface area contributed by atoms with Crippen molar-refractivity contribution in [3.63, 3.8) is 0 Å². The number of thiophene rings is 1. The van der Waals surface area contributed by atoms with Gasteiger partial charge in [0, 0.05) is 23.4 Å². The Kier molecular flexibility index (Phi) is 4.90. The lowest BCUT2D eigenvalue weighted by molar-refractivity contribution is -0.125. The number of rotatable bonds is 4. The summed E-state index contributed by atoms with van der Waals surface area (Å²) >= 11 is 6.64. The van der Waals surface area contributed by atoms with Gasteiger partial charge < -0.3 is 4.90 Å². The Hall–Kier alpha value is -0.980. The van der Waals surface area contributed by atoms with Crippen molar-refractivity contribution in [2.24, 2.45) is 0 Å². The first-order valence-electron chi connectivity index (χ1n) is 5.64. The third-order valence-electron chi connectivity index (χ3n) is 2.43. The highest BCUT2D eigenvalue weighted by Gasteiger charge is 2.07. The van der Waals surface area contributed by atoms with Gasteiger partial charge in [-0.05, 0) is 41.1 Å². The fourth-order valence-corrected chi connectivity index (χ4v) is 3.61. The van der Waals surface area contributed by atoms with Gasteiger partial charge in [-0.15, -0.1) is 22.7 Å². The second kappa shape index (κ2) is 6.45. The largest absolute Gasteiger partial charge is 0.337 e. The average Bonchev–Trinajstić information content (AvgIpc) is 2.95. The number of amides is 1. The van der Waals surface area contributed by atoms with Crippen LogP contribution in [0, 0.1) is 6.92 Å². The molecule has 0 unspecified atom stereocenters. The lowest BCUT2D eigenvalue weighted by Crippen LogP contribution is -2.23. The minimum absolute atomic E-state index is 0.0184. The first-order valence-corrected chi connectivity index (χ1v) is 8.13. The van der Waals surface area contributed by atoms with Gasteiger partial charge in [0.2, 0.25) is 5.91 Å². The molecule has 2 rings (SSSR count). The van der Waals surface area contributed by atoms with Gasteiger partial charge in [-0.2, -0.15) is 0 Å². The van der Waals surface area contributed by atoms with Crippen LogP contribution < -0.4 is 0 Å². The molecule has 2 aromatic heterocycles. The number of hydrogen-bond acceptors (Lipinski definition) is 4. The smallest absolute Gasteiger partial charge is 0.246 e. The van der Waals surface area contributed by atoms with Gasteiger partial charge in [-0.3, -0.25) is 4.79 Å². The van der Waals surface area contributed by atoms with Crippen LogP contribution in [0.2, 0.25) is 0 Å². The maximum Gasteiger partial charge on any atom is 0.246 e. The number of aromatic nitrogens is 1. The average molecular weight is 357 g/mol. The van der Waals surface area contributed by atoms with Crippen molar-refractivity contribution in [1.29, 1.82) is 0 Å². The van der Waals surface area contributed by atoms with E-state index in [4.69, 9.17) is 0 Å². The predicted molar refractivity (Wildman–Crippen MR) is 84.4 cm³/mol. The van der Waals surface area contributed by atoms with Gasteiger partial charge in [-0.1, -0.05) is 0 Å². The van der Waals surface area contributed by atoms with Gasteiger partial charge in [-0.25, -0.2) is 4.98 Å². The molecule has 19 heavy (non-hydrogen) atoms. The Bertz CT molecular complexity index is 603. The van der Waals surface area contributed by atoms with Crippen LogP contribution in [0.1, 0.15) is 15.6 Å². The number of carbonyl (C=O) groups is 1. The molecule has 1 amide bonds. The van der Waals surface area contributed by atoms with E-state index in [1.807, 2.05) is 24.4 Å². The maximum absolute atomic E-state index is 11.9. The molecule has 0 aliphatic heterocycles. The van der Waals surface area contributed by atoms with E-state index < -0.39 is 0 Å². The highest BCUT2D eigenvalue weighted by Crippen LogP contribution is 2.23. The Morgan fingerprint density at radius 1 is 1.53 bits per heavy atom. The van der Waals surface area contributed by atoms with Crippen LogP contribution in [0.15, 0.2) is 27.4 Å². The van der Waals surface area contributed by atoms with Gasteiger partial charge in [0.1, 0.15) is 0 Å². The van der Waals surface area contributed by atoms with E-state index in [1.165, 1.54) is 0 Å². The summed E-state index contributed by atoms with van der Waals surface area (Å²) < 4.78 is 1.08. The monoisotopic (exact) mass is 356 g/mol. The summed E-state index contributed by atoms with van der Waals surface area (Å²) in [7, 11) is 1.80. The molecular weight excluding hydrogens is 344 g/mol. The summed E-state index contributed by atoms with van der Waals surface area (Å²) in [5, 5.41) is 2.94. The van der Waals surface area contributed by atoms with Crippen molar-refractivity contribution in [3.8, 4) is 0 Å². The summed E-state index contributed by atoms with van der Waals surface area (Å²) in [4.78, 5) is 19.1. The number of halogens is 1. The molecule has 0 aliphatic rings. The molecule has 0 radical (unpaired) electrons. The molecule has 0 atom stereocenters. The molecule has 2 aromatic rings. The zero-order valence-electron chi connectivity index (χ0n) is 10.6. The second-order valence-corrected chi connectivity index (χ2v) is 7.63. The lowest BCUT2D eigenvalue weighted by Gasteiger charge is -2.13. The number of hydrogen-bond donors (Lipinski definition) is 0. The second-order valence-electron chi connectivity index (χ2n) is 4.02. The third kappa shape index (κ3) is 4.26. The summed E-state index contributed by atoms with van der Waals surface area (Å²) in [6, 6.07) is 4.01. The van der Waals surface area contributed by atoms with Crippen LogP contribution in [0.25, 0.3) is 6.08 Å². The summed E-state index contributed by atoms with van der Waals surface area (Å²) in [5.41, 5.74) is 0.836. The summed E-state index contributed by atoms with van der Waals surface area (Å²) in [6.45, 7) is 2.57. The summed E-state index contributed by atoms with van der Waals surface area (Å²) in [6.07, 6.45) is 3.32. The fourth-order valence-electron chi connectivity index (χ4n) is 1.49. The SMILES string of the molecule is Cc1nc(/C=C/C(=O)N(C)Cc2ccc(Br)s2)cs1. The Morgan fingerprint density at radius 3 is 2.89 bits per heavy atom. The third-order valence-corrected chi connectivity index (χ3v) is 4.83. The number of thiazole rings is 1. The van der Waals surface area contributed by atoms with Crippen LogP contribution in [0.4, 0.5) is 0 Å².